The van der Waals surface area contributed by atoms with Crippen LogP contribution in [0.5, 0.6) is 5.75 Å². The monoisotopic (exact) mass is 342 g/mol. The molecule has 0 spiro atoms. The molecule has 0 bridgehead atoms. The number of hydrogen-bond acceptors (Lipinski definition) is 4. The van der Waals surface area contributed by atoms with Gasteiger partial charge < -0.3 is 10.1 Å². The van der Waals surface area contributed by atoms with E-state index in [4.69, 9.17) is 4.74 Å². The van der Waals surface area contributed by atoms with Crippen LogP contribution < -0.4 is 10.1 Å². The number of benzene rings is 2. The number of hydrogen-bond donors (Lipinski definition) is 1. The number of aryl methyl sites for hydroxylation is 2. The van der Waals surface area contributed by atoms with Gasteiger partial charge in [-0.05, 0) is 48.6 Å². The van der Waals surface area contributed by atoms with Gasteiger partial charge in [0.25, 0.3) is 11.6 Å². The summed E-state index contributed by atoms with van der Waals surface area (Å²) >= 11 is 0. The first kappa shape index (κ1) is 18.4. The average molecular weight is 342 g/mol. The van der Waals surface area contributed by atoms with Crippen LogP contribution in [0.25, 0.3) is 0 Å². The summed E-state index contributed by atoms with van der Waals surface area (Å²) in [6, 6.07) is 10.1. The normalized spacial score (nSPS) is 10.6. The Balaban J connectivity index is 2.01. The van der Waals surface area contributed by atoms with Crippen LogP contribution in [0.15, 0.2) is 36.4 Å². The first-order valence-corrected chi connectivity index (χ1v) is 8.06. The molecular weight excluding hydrogens is 320 g/mol. The Bertz CT molecular complexity index is 800. The average Bonchev–Trinajstić information content (AvgIpc) is 2.54. The summed E-state index contributed by atoms with van der Waals surface area (Å²) in [6.45, 7) is 7.86. The third-order valence-electron chi connectivity index (χ3n) is 3.94. The Morgan fingerprint density at radius 2 is 1.88 bits per heavy atom. The smallest absolute Gasteiger partial charge is 0.271 e. The Labute approximate surface area is 147 Å². The maximum Gasteiger partial charge on any atom is 0.271 e. The summed E-state index contributed by atoms with van der Waals surface area (Å²) < 4.78 is 5.53. The zero-order valence-electron chi connectivity index (χ0n) is 14.8. The van der Waals surface area contributed by atoms with Gasteiger partial charge >= 0.3 is 0 Å². The van der Waals surface area contributed by atoms with Crippen molar-refractivity contribution < 1.29 is 14.5 Å². The number of anilines is 1. The molecule has 0 saturated heterocycles. The lowest BCUT2D eigenvalue weighted by atomic mass is 9.98. The van der Waals surface area contributed by atoms with Crippen LogP contribution in [0.2, 0.25) is 0 Å². The van der Waals surface area contributed by atoms with Crippen LogP contribution in [0.4, 0.5) is 11.4 Å². The first-order chi connectivity index (χ1) is 11.8. The zero-order chi connectivity index (χ0) is 18.6. The predicted molar refractivity (Wildman–Crippen MR) is 97.2 cm³/mol. The van der Waals surface area contributed by atoms with E-state index in [0.29, 0.717) is 17.4 Å². The summed E-state index contributed by atoms with van der Waals surface area (Å²) in [5.41, 5.74) is 3.44. The van der Waals surface area contributed by atoms with Crippen LogP contribution in [-0.4, -0.2) is 17.4 Å². The number of carbonyl (C=O) groups excluding carboxylic acids is 1. The van der Waals surface area contributed by atoms with Crippen LogP contribution in [0, 0.1) is 24.0 Å². The number of nitro groups is 1. The quantitative estimate of drug-likeness (QED) is 0.625. The van der Waals surface area contributed by atoms with E-state index in [1.165, 1.54) is 17.7 Å². The van der Waals surface area contributed by atoms with Crippen molar-refractivity contribution in [2.45, 2.75) is 33.6 Å². The molecule has 0 aliphatic heterocycles. The van der Waals surface area contributed by atoms with E-state index in [-0.39, 0.29) is 18.2 Å². The van der Waals surface area contributed by atoms with Crippen LogP contribution in [0.3, 0.4) is 0 Å². The van der Waals surface area contributed by atoms with E-state index < -0.39 is 4.92 Å². The molecule has 0 atom stereocenters. The first-order valence-electron chi connectivity index (χ1n) is 8.06. The molecule has 0 aromatic heterocycles. The van der Waals surface area contributed by atoms with E-state index in [2.05, 4.69) is 19.2 Å². The number of ether oxygens (including phenoxy) is 1. The largest absolute Gasteiger partial charge is 0.484 e. The minimum atomic E-state index is -0.495. The van der Waals surface area contributed by atoms with Crippen LogP contribution in [-0.2, 0) is 4.79 Å². The fourth-order valence-corrected chi connectivity index (χ4v) is 2.58. The lowest BCUT2D eigenvalue weighted by Crippen LogP contribution is -2.20. The molecule has 25 heavy (non-hydrogen) atoms. The van der Waals surface area contributed by atoms with Gasteiger partial charge in [0.15, 0.2) is 6.61 Å². The maximum absolute atomic E-state index is 12.1. The van der Waals surface area contributed by atoms with Gasteiger partial charge in [-0.3, -0.25) is 14.9 Å². The Kier molecular flexibility index (Phi) is 5.75. The second kappa shape index (κ2) is 7.79. The number of nitrogens with one attached hydrogen (secondary N) is 1. The van der Waals surface area contributed by atoms with Crippen molar-refractivity contribution in [1.82, 2.24) is 0 Å². The predicted octanol–water partition coefficient (Wildman–Crippen LogP) is 4.35. The van der Waals surface area contributed by atoms with Gasteiger partial charge in [-0.15, -0.1) is 0 Å². The molecule has 0 aliphatic carbocycles. The fourth-order valence-electron chi connectivity index (χ4n) is 2.58. The van der Waals surface area contributed by atoms with Crippen molar-refractivity contribution in [3.63, 3.8) is 0 Å². The van der Waals surface area contributed by atoms with Crippen molar-refractivity contribution in [2.75, 3.05) is 11.9 Å². The number of nitrogens with zero attached hydrogens (tertiary/aromatic N) is 1. The molecule has 0 radical (unpaired) electrons. The van der Waals surface area contributed by atoms with E-state index in [1.54, 1.807) is 13.0 Å². The van der Waals surface area contributed by atoms with Gasteiger partial charge in [-0.1, -0.05) is 26.0 Å². The molecular formula is C19H22N2O4. The van der Waals surface area contributed by atoms with Gasteiger partial charge in [0.2, 0.25) is 0 Å². The molecule has 0 saturated carbocycles. The second-order valence-corrected chi connectivity index (χ2v) is 6.27. The molecule has 2 aromatic carbocycles. The highest BCUT2D eigenvalue weighted by atomic mass is 16.6. The number of amides is 1. The lowest BCUT2D eigenvalue weighted by molar-refractivity contribution is -0.384. The minimum Gasteiger partial charge on any atom is -0.484 e. The van der Waals surface area contributed by atoms with Crippen molar-refractivity contribution in [2.24, 2.45) is 0 Å². The standard InChI is InChI=1S/C19H22N2O4/c1-12(2)17-8-7-16(9-14(17)4)25-11-19(22)20-18-10-15(21(23)24)6-5-13(18)3/h5-10,12H,11H2,1-4H3,(H,20,22). The van der Waals surface area contributed by atoms with E-state index in [0.717, 1.165) is 11.1 Å². The number of carbonyl (C=O) groups is 1. The van der Waals surface area contributed by atoms with E-state index >= 15 is 0 Å². The van der Waals surface area contributed by atoms with Crippen molar-refractivity contribution in [3.8, 4) is 5.75 Å². The molecule has 0 heterocycles. The van der Waals surface area contributed by atoms with Gasteiger partial charge in [0.1, 0.15) is 5.75 Å². The summed E-state index contributed by atoms with van der Waals surface area (Å²) in [6.07, 6.45) is 0. The Hall–Kier alpha value is -2.89. The lowest BCUT2D eigenvalue weighted by Gasteiger charge is -2.13. The van der Waals surface area contributed by atoms with Crippen LogP contribution >= 0.6 is 0 Å². The zero-order valence-corrected chi connectivity index (χ0v) is 14.8. The number of nitro benzene ring substituents is 1. The second-order valence-electron chi connectivity index (χ2n) is 6.27. The molecule has 1 amide bonds. The Morgan fingerprint density at radius 3 is 2.48 bits per heavy atom. The van der Waals surface area contributed by atoms with Gasteiger partial charge in [0.05, 0.1) is 10.6 Å². The summed E-state index contributed by atoms with van der Waals surface area (Å²) in [7, 11) is 0. The van der Waals surface area contributed by atoms with Crippen molar-refractivity contribution in [3.05, 3.63) is 63.2 Å². The molecule has 1 N–H and O–H groups in total. The molecule has 0 unspecified atom stereocenters. The minimum absolute atomic E-state index is 0.0679. The van der Waals surface area contributed by atoms with E-state index in [9.17, 15) is 14.9 Å². The maximum atomic E-state index is 12.1. The molecule has 6 heteroatoms. The highest BCUT2D eigenvalue weighted by Gasteiger charge is 2.12. The molecule has 132 valence electrons. The fraction of sp³-hybridized carbons (Fsp3) is 0.316. The molecule has 0 aliphatic rings. The molecule has 0 fully saturated rings. The summed E-state index contributed by atoms with van der Waals surface area (Å²) in [5.74, 6) is 0.677. The van der Waals surface area contributed by atoms with E-state index in [1.807, 2.05) is 25.1 Å². The number of non-ortho nitro benzene ring substituents is 1. The SMILES string of the molecule is Cc1ccc([N+](=O)[O-])cc1NC(=O)COc1ccc(C(C)C)c(C)c1. The molecule has 2 aromatic rings. The van der Waals surface area contributed by atoms with Gasteiger partial charge in [-0.25, -0.2) is 0 Å². The third kappa shape index (κ3) is 4.79. The number of rotatable bonds is 6. The van der Waals surface area contributed by atoms with Gasteiger partial charge in [0, 0.05) is 12.1 Å². The topological polar surface area (TPSA) is 81.5 Å². The molecule has 2 rings (SSSR count). The van der Waals surface area contributed by atoms with Gasteiger partial charge in [-0.2, -0.15) is 0 Å². The summed E-state index contributed by atoms with van der Waals surface area (Å²) in [4.78, 5) is 22.4. The highest BCUT2D eigenvalue weighted by molar-refractivity contribution is 5.93. The van der Waals surface area contributed by atoms with Crippen LogP contribution in [0.1, 0.15) is 36.5 Å². The van der Waals surface area contributed by atoms with Crippen molar-refractivity contribution in [1.29, 1.82) is 0 Å². The summed E-state index contributed by atoms with van der Waals surface area (Å²) in [5, 5.41) is 13.5. The third-order valence-corrected chi connectivity index (χ3v) is 3.94. The Morgan fingerprint density at radius 1 is 1.16 bits per heavy atom. The molecule has 6 nitrogen and oxygen atoms in total. The highest BCUT2D eigenvalue weighted by Crippen LogP contribution is 2.24. The van der Waals surface area contributed by atoms with Crippen molar-refractivity contribution >= 4 is 17.3 Å².